The van der Waals surface area contributed by atoms with E-state index in [0.717, 1.165) is 67.9 Å². The van der Waals surface area contributed by atoms with Gasteiger partial charge in [0, 0.05) is 143 Å². The maximum absolute atomic E-state index is 12.9. The molecule has 6 aliphatic rings. The highest BCUT2D eigenvalue weighted by Crippen LogP contribution is 2.29. The van der Waals surface area contributed by atoms with Crippen molar-refractivity contribution < 1.29 is 42.3 Å². The van der Waals surface area contributed by atoms with E-state index < -0.39 is 0 Å². The normalized spacial score (nSPS) is 14.2. The van der Waals surface area contributed by atoms with Gasteiger partial charge in [-0.2, -0.15) is 0 Å². The molecule has 13 aromatic rings. The zero-order chi connectivity index (χ0) is 96.4. The number of ether oxygens (including phenoxy) is 2. The molecule has 36 heteroatoms. The molecule has 0 bridgehead atoms. The van der Waals surface area contributed by atoms with Gasteiger partial charge in [0.05, 0.1) is 76.9 Å². The number of morpholine rings is 1. The Balaban J connectivity index is 0.000000130. The molecule has 0 unspecified atom stereocenters. The first-order chi connectivity index (χ1) is 65.9. The standard InChI is InChI=1S/C22H27ClN4O2.C20H22ClN5O2.C20H16ClN5O.C20H17ClN4O2.C19H15ClN4O2/c1-16(2)29-15-22(3,4)13-21(28)26-10-11-27-19(24-25-20(27)14-26)9-8-17-6-5-7-18(23)12-17;1-20(2)14-25(10-11-28-20)19(27)24-8-9-26-17(22-23-18(26)13-24)7-6-15-4-3-5-16(21)12-15;21-16-5-3-4-15(12-16)7-8-18-23-24-19-14-25(10-11-26(18)19)20(27)13-17-6-1-2-9-22-17;1-13-10-17(27-14(13)2)20(26)24-8-9-25-18(22-23-19(25)12-24)7-6-15-4-3-5-16(21)11-15;1-13-9-16(26-12-13)19(25)23-7-8-24-17(21-22-18(24)11-23)6-5-14-3-2-4-15(20)10-14/h5-7,12,16H,10-11,13-15H2,1-4H3;3-5,12H,8-11,13-14H2,1-2H3;1-6,9,12H,10-11,13-14H2;3-5,10-11H,8-9,12H2,1-2H3;2-4,9-10,12H,7-8,11H2,1H3. The van der Waals surface area contributed by atoms with Gasteiger partial charge in [-0.05, 0) is 210 Å². The Morgan fingerprint density at radius 3 is 1.15 bits per heavy atom. The van der Waals surface area contributed by atoms with Gasteiger partial charge in [-0.15, -0.1) is 51.0 Å². The summed E-state index contributed by atoms with van der Waals surface area (Å²) in [5.74, 6) is 38.6. The maximum atomic E-state index is 12.9. The number of pyridine rings is 1. The van der Waals surface area contributed by atoms with Crippen LogP contribution in [0, 0.1) is 85.4 Å². The lowest BCUT2D eigenvalue weighted by atomic mass is 9.89. The molecule has 8 aromatic heterocycles. The lowest BCUT2D eigenvalue weighted by Crippen LogP contribution is -2.55. The van der Waals surface area contributed by atoms with Crippen LogP contribution in [0.4, 0.5) is 4.79 Å². The minimum atomic E-state index is -0.313. The van der Waals surface area contributed by atoms with Gasteiger partial charge in [0.15, 0.2) is 40.6 Å². The first kappa shape index (κ1) is 97.4. The molecule has 6 aliphatic heterocycles. The molecule has 14 heterocycles. The number of rotatable bonds is 9. The number of benzene rings is 5. The van der Waals surface area contributed by atoms with Crippen molar-refractivity contribution in [1.82, 2.24) is 108 Å². The Morgan fingerprint density at radius 2 is 0.796 bits per heavy atom. The van der Waals surface area contributed by atoms with Crippen LogP contribution in [0.1, 0.15) is 178 Å². The van der Waals surface area contributed by atoms with Crippen molar-refractivity contribution in [1.29, 1.82) is 0 Å². The lowest BCUT2D eigenvalue weighted by molar-refractivity contribution is -0.136. The Kier molecular flexibility index (Phi) is 31.7. The van der Waals surface area contributed by atoms with Crippen molar-refractivity contribution in [2.24, 2.45) is 5.41 Å². The molecule has 19 rings (SSSR count). The molecule has 6 amide bonds. The quantitative estimate of drug-likeness (QED) is 0.121. The van der Waals surface area contributed by atoms with Crippen LogP contribution >= 0.6 is 58.0 Å². The smallest absolute Gasteiger partial charge is 0.320 e. The molecule has 0 atom stereocenters. The number of amides is 6. The van der Waals surface area contributed by atoms with Crippen LogP contribution in [0.15, 0.2) is 173 Å². The summed E-state index contributed by atoms with van der Waals surface area (Å²) in [6.07, 6.45) is 4.15. The fourth-order valence-corrected chi connectivity index (χ4v) is 16.3. The summed E-state index contributed by atoms with van der Waals surface area (Å²) >= 11 is 29.9. The molecule has 0 aliphatic carbocycles. The van der Waals surface area contributed by atoms with E-state index in [1.807, 2.05) is 195 Å². The lowest BCUT2D eigenvalue weighted by Gasteiger charge is -2.41. The summed E-state index contributed by atoms with van der Waals surface area (Å²) in [6.45, 7) is 28.2. The summed E-state index contributed by atoms with van der Waals surface area (Å²) in [5, 5.41) is 45.2. The molecule has 5 aromatic carbocycles. The molecule has 1 fully saturated rings. The average Bonchev–Trinajstić information content (AvgIpc) is 1.67. The fraction of sp³-hybridized carbons (Fsp3) is 0.327. The number of fused-ring (bicyclic) bond motifs is 5. The second kappa shape index (κ2) is 44.5. The summed E-state index contributed by atoms with van der Waals surface area (Å²) < 4.78 is 32.1. The molecule has 0 radical (unpaired) electrons. The van der Waals surface area contributed by atoms with E-state index >= 15 is 0 Å². The van der Waals surface area contributed by atoms with Crippen molar-refractivity contribution in [2.45, 2.75) is 152 Å². The first-order valence-corrected chi connectivity index (χ1v) is 46.3. The second-order valence-corrected chi connectivity index (χ2v) is 36.8. The molecule has 0 saturated carbocycles. The predicted molar refractivity (Wildman–Crippen MR) is 514 cm³/mol. The number of furan rings is 2. The minimum absolute atomic E-state index is 0.0252. The zero-order valence-electron chi connectivity index (χ0n) is 76.9. The Hall–Kier alpha value is -14.2. The molecule has 0 spiro atoms. The van der Waals surface area contributed by atoms with E-state index in [1.165, 1.54) is 0 Å². The minimum Gasteiger partial charge on any atom is -0.459 e. The van der Waals surface area contributed by atoms with Crippen LogP contribution < -0.4 is 0 Å². The summed E-state index contributed by atoms with van der Waals surface area (Å²) in [7, 11) is 0. The van der Waals surface area contributed by atoms with Crippen molar-refractivity contribution in [3.63, 3.8) is 0 Å². The van der Waals surface area contributed by atoms with Gasteiger partial charge in [-0.25, -0.2) is 4.79 Å². The number of carbonyl (C=O) groups is 5. The third-order valence-corrected chi connectivity index (χ3v) is 23.7. The summed E-state index contributed by atoms with van der Waals surface area (Å²) in [4.78, 5) is 78.3. The first-order valence-electron chi connectivity index (χ1n) is 44.4. The van der Waals surface area contributed by atoms with Crippen LogP contribution in [-0.4, -0.2) is 209 Å². The number of carbonyl (C=O) groups excluding carboxylic acids is 5. The molecule has 137 heavy (non-hydrogen) atoms. The van der Waals surface area contributed by atoms with Crippen molar-refractivity contribution in [2.75, 3.05) is 59.0 Å². The number of aromatic nitrogens is 16. The van der Waals surface area contributed by atoms with Crippen LogP contribution in [0.3, 0.4) is 0 Å². The SMILES string of the molecule is CC(C)OCC(C)(C)CC(=O)N1CCn2c(C#Cc3cccc(Cl)c3)nnc2C1.CC1(C)CN(C(=O)N2CCn3c(C#Cc4cccc(Cl)c4)nnc3C2)CCO1.Cc1cc(C(=O)N2CCn3c(C#Cc4cccc(Cl)c4)nnc3C2)oc1C.Cc1coc(C(=O)N2CCn3c(C#Cc4cccc(Cl)c4)nnc3C2)c1.O=C(Cc1ccccn1)N1CCn2c(C#Cc3cccc(Cl)c3)nnc2C1. The van der Waals surface area contributed by atoms with Crippen molar-refractivity contribution in [3.8, 4) is 59.2 Å². The Labute approximate surface area is 818 Å². The predicted octanol–water partition coefficient (Wildman–Crippen LogP) is 14.3. The maximum Gasteiger partial charge on any atom is 0.320 e. The van der Waals surface area contributed by atoms with E-state index in [-0.39, 0.29) is 53.2 Å². The van der Waals surface area contributed by atoms with Gasteiger partial charge in [0.1, 0.15) is 5.76 Å². The number of urea groups is 1. The monoisotopic (exact) mass is 1940 g/mol. The largest absolute Gasteiger partial charge is 0.459 e. The van der Waals surface area contributed by atoms with E-state index in [9.17, 15) is 24.0 Å². The van der Waals surface area contributed by atoms with Gasteiger partial charge >= 0.3 is 6.03 Å². The number of nitrogens with zero attached hydrogens (tertiary/aromatic N) is 22. The van der Waals surface area contributed by atoms with Crippen LogP contribution in [-0.2, 0) is 90.9 Å². The van der Waals surface area contributed by atoms with Crippen molar-refractivity contribution >= 4 is 87.7 Å². The highest BCUT2D eigenvalue weighted by atomic mass is 35.5. The van der Waals surface area contributed by atoms with E-state index in [4.69, 9.17) is 76.3 Å². The van der Waals surface area contributed by atoms with E-state index in [2.05, 4.69) is 129 Å². The number of hydrogen-bond acceptors (Lipinski definition) is 20. The molecular weight excluding hydrogens is 1840 g/mol. The third kappa shape index (κ3) is 26.1. The topological polar surface area (TPSA) is 316 Å². The van der Waals surface area contributed by atoms with Crippen molar-refractivity contribution in [3.05, 3.63) is 309 Å². The zero-order valence-corrected chi connectivity index (χ0v) is 80.7. The Bertz CT molecular complexity index is 6950. The number of halogens is 5. The third-order valence-electron chi connectivity index (χ3n) is 22.5. The van der Waals surface area contributed by atoms with Gasteiger partial charge in [0.25, 0.3) is 11.8 Å². The number of hydrogen-bond donors (Lipinski definition) is 0. The van der Waals surface area contributed by atoms with Gasteiger partial charge in [-0.1, -0.05) is 138 Å². The highest BCUT2D eigenvalue weighted by Gasteiger charge is 2.36. The summed E-state index contributed by atoms with van der Waals surface area (Å²) in [6, 6.07) is 45.9. The second-order valence-electron chi connectivity index (χ2n) is 34.6. The van der Waals surface area contributed by atoms with Crippen LogP contribution in [0.25, 0.3) is 0 Å². The average molecular weight is 1940 g/mol. The van der Waals surface area contributed by atoms with E-state index in [0.29, 0.717) is 208 Å². The van der Waals surface area contributed by atoms with E-state index in [1.54, 1.807) is 69.6 Å². The fourth-order valence-electron chi connectivity index (χ4n) is 15.3. The Morgan fingerprint density at radius 1 is 0.423 bits per heavy atom. The van der Waals surface area contributed by atoms with Gasteiger partial charge < -0.3 is 70.5 Å². The molecule has 700 valence electrons. The molecule has 31 nitrogen and oxygen atoms in total. The molecule has 0 N–H and O–H groups in total. The molecular formula is C101H97Cl5N22O9. The van der Waals surface area contributed by atoms with Gasteiger partial charge in [0.2, 0.25) is 40.9 Å². The van der Waals surface area contributed by atoms with Crippen LogP contribution in [0.2, 0.25) is 25.1 Å². The molecule has 1 saturated heterocycles. The summed E-state index contributed by atoms with van der Waals surface area (Å²) in [5.41, 5.74) is 6.24. The number of aryl methyl sites for hydroxylation is 3. The highest BCUT2D eigenvalue weighted by molar-refractivity contribution is 6.32. The van der Waals surface area contributed by atoms with Gasteiger partial charge in [-0.3, -0.25) is 24.2 Å². The van der Waals surface area contributed by atoms with Crippen LogP contribution in [0.5, 0.6) is 0 Å².